The van der Waals surface area contributed by atoms with E-state index in [1.165, 1.54) is 0 Å². The van der Waals surface area contributed by atoms with Crippen molar-refractivity contribution in [2.45, 2.75) is 18.9 Å². The number of nitrogens with one attached hydrogen (secondary N) is 1. The molecule has 0 bridgehead atoms. The van der Waals surface area contributed by atoms with Crippen LogP contribution in [0.3, 0.4) is 0 Å². The quantitative estimate of drug-likeness (QED) is 0.835. The van der Waals surface area contributed by atoms with Crippen LogP contribution in [0.25, 0.3) is 0 Å². The van der Waals surface area contributed by atoms with Crippen molar-refractivity contribution < 1.29 is 4.79 Å². The van der Waals surface area contributed by atoms with E-state index in [1.54, 1.807) is 18.5 Å². The summed E-state index contributed by atoms with van der Waals surface area (Å²) in [5.74, 6) is -0.0579. The van der Waals surface area contributed by atoms with Crippen molar-refractivity contribution in [1.82, 2.24) is 10.3 Å². The van der Waals surface area contributed by atoms with Gasteiger partial charge in [0.1, 0.15) is 0 Å². The number of aromatic nitrogens is 1. The van der Waals surface area contributed by atoms with E-state index in [0.29, 0.717) is 5.56 Å². The minimum atomic E-state index is -0.0579. The Morgan fingerprint density at radius 3 is 2.80 bits per heavy atom. The Morgan fingerprint density at radius 1 is 1.40 bits per heavy atom. The number of hydrogen-bond donors (Lipinski definition) is 1. The number of hydrogen-bond acceptors (Lipinski definition) is 2. The van der Waals surface area contributed by atoms with Crippen LogP contribution in [-0.2, 0) is 0 Å². The van der Waals surface area contributed by atoms with Gasteiger partial charge in [0, 0.05) is 22.9 Å². The Hall–Kier alpha value is -1.16. The zero-order chi connectivity index (χ0) is 10.7. The molecule has 0 aromatic carbocycles. The Morgan fingerprint density at radius 2 is 2.13 bits per heavy atom. The van der Waals surface area contributed by atoms with Crippen LogP contribution in [0.5, 0.6) is 0 Å². The van der Waals surface area contributed by atoms with Gasteiger partial charge < -0.3 is 5.32 Å². The Balaban J connectivity index is 2.01. The van der Waals surface area contributed by atoms with E-state index in [4.69, 9.17) is 0 Å². The third-order valence-electron chi connectivity index (χ3n) is 2.31. The number of pyridine rings is 1. The summed E-state index contributed by atoms with van der Waals surface area (Å²) in [5.41, 5.74) is 0.594. The molecule has 0 fully saturated rings. The summed E-state index contributed by atoms with van der Waals surface area (Å²) in [5, 5.41) is 2.96. The lowest BCUT2D eigenvalue weighted by Crippen LogP contribution is -2.32. The molecule has 0 aliphatic heterocycles. The van der Waals surface area contributed by atoms with Crippen molar-refractivity contribution in [2.75, 3.05) is 0 Å². The fourth-order valence-electron chi connectivity index (χ4n) is 1.54. The van der Waals surface area contributed by atoms with Gasteiger partial charge in [-0.3, -0.25) is 9.78 Å². The first-order valence-electron chi connectivity index (χ1n) is 4.82. The van der Waals surface area contributed by atoms with Gasteiger partial charge in [0.05, 0.1) is 5.56 Å². The average Bonchev–Trinajstić information content (AvgIpc) is 2.70. The van der Waals surface area contributed by atoms with Gasteiger partial charge in [0.25, 0.3) is 5.91 Å². The van der Waals surface area contributed by atoms with Gasteiger partial charge in [-0.15, -0.1) is 0 Å². The highest BCUT2D eigenvalue weighted by atomic mass is 79.9. The van der Waals surface area contributed by atoms with Crippen LogP contribution in [0, 0.1) is 0 Å². The van der Waals surface area contributed by atoms with Crippen LogP contribution in [0.4, 0.5) is 0 Å². The summed E-state index contributed by atoms with van der Waals surface area (Å²) >= 11 is 3.29. The normalized spacial score (nSPS) is 15.5. The Bertz CT molecular complexity index is 395. The fourth-order valence-corrected chi connectivity index (χ4v) is 1.90. The molecule has 0 saturated heterocycles. The second-order valence-electron chi connectivity index (χ2n) is 3.51. The van der Waals surface area contributed by atoms with Gasteiger partial charge in [-0.25, -0.2) is 0 Å². The molecular weight excluding hydrogens is 256 g/mol. The van der Waals surface area contributed by atoms with E-state index in [2.05, 4.69) is 38.4 Å². The van der Waals surface area contributed by atoms with Gasteiger partial charge in [0.15, 0.2) is 0 Å². The maximum atomic E-state index is 11.8. The Labute approximate surface area is 96.7 Å². The van der Waals surface area contributed by atoms with Crippen LogP contribution < -0.4 is 5.32 Å². The van der Waals surface area contributed by atoms with Gasteiger partial charge in [-0.2, -0.15) is 0 Å². The van der Waals surface area contributed by atoms with Crippen LogP contribution in [0.2, 0.25) is 0 Å². The van der Waals surface area contributed by atoms with Crippen molar-refractivity contribution in [3.8, 4) is 0 Å². The molecular formula is C11H11BrN2O. The second kappa shape index (κ2) is 4.57. The van der Waals surface area contributed by atoms with Crippen molar-refractivity contribution in [3.05, 3.63) is 40.6 Å². The predicted molar refractivity (Wildman–Crippen MR) is 61.6 cm³/mol. The molecule has 1 aliphatic rings. The molecule has 0 spiro atoms. The van der Waals surface area contributed by atoms with Crippen LogP contribution >= 0.6 is 15.9 Å². The molecule has 2 rings (SSSR count). The lowest BCUT2D eigenvalue weighted by atomic mass is 10.2. The van der Waals surface area contributed by atoms with Gasteiger partial charge in [-0.05, 0) is 34.8 Å². The molecule has 78 valence electrons. The number of rotatable bonds is 2. The number of carbonyl (C=O) groups excluding carboxylic acids is 1. The molecule has 1 N–H and O–H groups in total. The van der Waals surface area contributed by atoms with E-state index in [-0.39, 0.29) is 11.9 Å². The van der Waals surface area contributed by atoms with E-state index >= 15 is 0 Å². The third-order valence-corrected chi connectivity index (χ3v) is 2.74. The molecule has 0 saturated carbocycles. The van der Waals surface area contributed by atoms with Gasteiger partial charge in [-0.1, -0.05) is 12.2 Å². The number of halogens is 1. The molecule has 0 atom stereocenters. The SMILES string of the molecule is O=C(NC1CC=CC1)c1cncc(Br)c1. The summed E-state index contributed by atoms with van der Waals surface area (Å²) in [7, 11) is 0. The van der Waals surface area contributed by atoms with E-state index in [0.717, 1.165) is 17.3 Å². The van der Waals surface area contributed by atoms with E-state index < -0.39 is 0 Å². The highest BCUT2D eigenvalue weighted by Crippen LogP contribution is 2.12. The molecule has 15 heavy (non-hydrogen) atoms. The summed E-state index contributed by atoms with van der Waals surface area (Å²) in [4.78, 5) is 15.7. The lowest BCUT2D eigenvalue weighted by Gasteiger charge is -2.11. The lowest BCUT2D eigenvalue weighted by molar-refractivity contribution is 0.0938. The van der Waals surface area contributed by atoms with Crippen molar-refractivity contribution >= 4 is 21.8 Å². The minimum Gasteiger partial charge on any atom is -0.349 e. The average molecular weight is 267 g/mol. The highest BCUT2D eigenvalue weighted by molar-refractivity contribution is 9.10. The maximum Gasteiger partial charge on any atom is 0.253 e. The zero-order valence-corrected chi connectivity index (χ0v) is 9.70. The molecule has 0 radical (unpaired) electrons. The second-order valence-corrected chi connectivity index (χ2v) is 4.42. The predicted octanol–water partition coefficient (Wildman–Crippen LogP) is 2.29. The minimum absolute atomic E-state index is 0.0579. The fraction of sp³-hybridized carbons (Fsp3) is 0.273. The summed E-state index contributed by atoms with van der Waals surface area (Å²) in [6, 6.07) is 2.02. The molecule has 1 heterocycles. The molecule has 1 amide bonds. The number of carbonyl (C=O) groups is 1. The van der Waals surface area contributed by atoms with Crippen molar-refractivity contribution in [2.24, 2.45) is 0 Å². The monoisotopic (exact) mass is 266 g/mol. The molecule has 1 aromatic heterocycles. The number of nitrogens with zero attached hydrogens (tertiary/aromatic N) is 1. The first kappa shape index (κ1) is 10.4. The van der Waals surface area contributed by atoms with Crippen LogP contribution in [0.15, 0.2) is 35.1 Å². The van der Waals surface area contributed by atoms with E-state index in [1.807, 2.05) is 0 Å². The molecule has 3 nitrogen and oxygen atoms in total. The first-order valence-corrected chi connectivity index (χ1v) is 5.61. The summed E-state index contributed by atoms with van der Waals surface area (Å²) < 4.78 is 0.819. The third kappa shape index (κ3) is 2.65. The van der Waals surface area contributed by atoms with Gasteiger partial charge >= 0.3 is 0 Å². The topological polar surface area (TPSA) is 42.0 Å². The number of amides is 1. The van der Waals surface area contributed by atoms with Crippen LogP contribution in [0.1, 0.15) is 23.2 Å². The standard InChI is InChI=1S/C11H11BrN2O/c12-9-5-8(6-13-7-9)11(15)14-10-3-1-2-4-10/h1-2,5-7,10H,3-4H2,(H,14,15). The van der Waals surface area contributed by atoms with Crippen molar-refractivity contribution in [3.63, 3.8) is 0 Å². The van der Waals surface area contributed by atoms with Crippen LogP contribution in [-0.4, -0.2) is 16.9 Å². The summed E-state index contributed by atoms with van der Waals surface area (Å²) in [6.45, 7) is 0. The van der Waals surface area contributed by atoms with Crippen molar-refractivity contribution in [1.29, 1.82) is 0 Å². The molecule has 0 unspecified atom stereocenters. The first-order chi connectivity index (χ1) is 7.25. The van der Waals surface area contributed by atoms with Gasteiger partial charge in [0.2, 0.25) is 0 Å². The maximum absolute atomic E-state index is 11.8. The molecule has 1 aromatic rings. The summed E-state index contributed by atoms with van der Waals surface area (Å²) in [6.07, 6.45) is 9.25. The largest absolute Gasteiger partial charge is 0.349 e. The van der Waals surface area contributed by atoms with E-state index in [9.17, 15) is 4.79 Å². The molecule has 4 heteroatoms. The Kier molecular flexibility index (Phi) is 3.16. The zero-order valence-electron chi connectivity index (χ0n) is 8.11. The molecule has 1 aliphatic carbocycles. The smallest absolute Gasteiger partial charge is 0.253 e. The highest BCUT2D eigenvalue weighted by Gasteiger charge is 2.14.